The van der Waals surface area contributed by atoms with E-state index < -0.39 is 0 Å². The molecule has 0 saturated heterocycles. The average Bonchev–Trinajstić information content (AvgIpc) is 2.91. The third-order valence-corrected chi connectivity index (χ3v) is 6.21. The molecule has 3 N–H and O–H groups in total. The summed E-state index contributed by atoms with van der Waals surface area (Å²) in [5.41, 5.74) is 3.89. The second-order valence-corrected chi connectivity index (χ2v) is 8.92. The number of amides is 2. The quantitative estimate of drug-likeness (QED) is 0.131. The Morgan fingerprint density at radius 1 is 0.743 bits per heavy atom. The Bertz CT molecular complexity index is 1060. The van der Waals surface area contributed by atoms with Crippen molar-refractivity contribution in [1.82, 2.24) is 5.32 Å². The molecule has 0 heterocycles. The zero-order valence-electron chi connectivity index (χ0n) is 20.7. The Balaban J connectivity index is 1.54. The fourth-order valence-corrected chi connectivity index (χ4v) is 4.12. The van der Waals surface area contributed by atoms with E-state index in [1.54, 1.807) is 24.3 Å². The summed E-state index contributed by atoms with van der Waals surface area (Å²) in [6.07, 6.45) is 9.64. The minimum atomic E-state index is -0.253. The van der Waals surface area contributed by atoms with Crippen LogP contribution in [-0.4, -0.2) is 11.8 Å². The molecule has 0 bridgehead atoms. The standard InChI is InChI=1S/C30H37N3O2/c1-2-3-4-5-6-7-9-14-25-15-12-13-18-28(25)33(31)30(35)27-21-19-24(20-22-27)23-32-29(34)26-16-10-8-11-17-26/h8,10-13,15-22H,2-7,9,14,23,31H2,1H3,(H,32,34). The molecular formula is C30H37N3O2. The molecule has 0 spiro atoms. The predicted octanol–water partition coefficient (Wildman–Crippen LogP) is 6.43. The molecule has 35 heavy (non-hydrogen) atoms. The molecule has 2 amide bonds. The van der Waals surface area contributed by atoms with Gasteiger partial charge in [-0.2, -0.15) is 0 Å². The van der Waals surface area contributed by atoms with Crippen LogP contribution in [0, 0.1) is 0 Å². The van der Waals surface area contributed by atoms with Gasteiger partial charge in [0, 0.05) is 17.7 Å². The summed E-state index contributed by atoms with van der Waals surface area (Å²) in [6, 6.07) is 24.2. The van der Waals surface area contributed by atoms with E-state index in [9.17, 15) is 9.59 Å². The number of hydrogen-bond donors (Lipinski definition) is 2. The van der Waals surface area contributed by atoms with Gasteiger partial charge in [0.05, 0.1) is 5.69 Å². The largest absolute Gasteiger partial charge is 0.348 e. The van der Waals surface area contributed by atoms with E-state index in [1.807, 2.05) is 48.5 Å². The first-order valence-electron chi connectivity index (χ1n) is 12.7. The van der Waals surface area contributed by atoms with Crippen molar-refractivity contribution in [2.24, 2.45) is 5.84 Å². The molecule has 0 aromatic heterocycles. The maximum atomic E-state index is 13.1. The van der Waals surface area contributed by atoms with Gasteiger partial charge in [-0.15, -0.1) is 0 Å². The van der Waals surface area contributed by atoms with E-state index in [0.29, 0.717) is 17.7 Å². The van der Waals surface area contributed by atoms with Gasteiger partial charge in [0.1, 0.15) is 0 Å². The lowest BCUT2D eigenvalue weighted by molar-refractivity contribution is 0.0949. The van der Waals surface area contributed by atoms with Gasteiger partial charge in [0.25, 0.3) is 11.8 Å². The van der Waals surface area contributed by atoms with E-state index in [2.05, 4.69) is 18.3 Å². The van der Waals surface area contributed by atoms with E-state index in [-0.39, 0.29) is 11.8 Å². The van der Waals surface area contributed by atoms with E-state index in [1.165, 1.54) is 43.5 Å². The lowest BCUT2D eigenvalue weighted by Gasteiger charge is -2.20. The highest BCUT2D eigenvalue weighted by Crippen LogP contribution is 2.22. The molecular weight excluding hydrogens is 434 g/mol. The van der Waals surface area contributed by atoms with Gasteiger partial charge in [0.2, 0.25) is 0 Å². The van der Waals surface area contributed by atoms with E-state index in [4.69, 9.17) is 5.84 Å². The number of para-hydroxylation sites is 1. The monoisotopic (exact) mass is 471 g/mol. The summed E-state index contributed by atoms with van der Waals surface area (Å²) in [4.78, 5) is 25.3. The number of nitrogens with one attached hydrogen (secondary N) is 1. The molecule has 5 nitrogen and oxygen atoms in total. The van der Waals surface area contributed by atoms with Crippen LogP contribution in [0.2, 0.25) is 0 Å². The molecule has 0 aliphatic carbocycles. The second kappa shape index (κ2) is 14.1. The summed E-state index contributed by atoms with van der Waals surface area (Å²) in [5.74, 6) is 5.90. The molecule has 5 heteroatoms. The van der Waals surface area contributed by atoms with Crippen molar-refractivity contribution < 1.29 is 9.59 Å². The molecule has 3 aromatic carbocycles. The molecule has 3 rings (SSSR count). The molecule has 0 aliphatic rings. The van der Waals surface area contributed by atoms with Crippen LogP contribution < -0.4 is 16.2 Å². The maximum Gasteiger partial charge on any atom is 0.272 e. The highest BCUT2D eigenvalue weighted by molar-refractivity contribution is 6.05. The summed E-state index contributed by atoms with van der Waals surface area (Å²) in [7, 11) is 0. The van der Waals surface area contributed by atoms with Gasteiger partial charge < -0.3 is 5.32 Å². The highest BCUT2D eigenvalue weighted by Gasteiger charge is 2.17. The fraction of sp³-hybridized carbons (Fsp3) is 0.333. The summed E-state index contributed by atoms with van der Waals surface area (Å²) < 4.78 is 0. The van der Waals surface area contributed by atoms with Crippen LogP contribution in [0.25, 0.3) is 0 Å². The van der Waals surface area contributed by atoms with Crippen molar-refractivity contribution in [2.75, 3.05) is 5.01 Å². The van der Waals surface area contributed by atoms with Gasteiger partial charge >= 0.3 is 0 Å². The van der Waals surface area contributed by atoms with Crippen LogP contribution in [0.15, 0.2) is 78.9 Å². The Kier molecular flexibility index (Phi) is 10.5. The fourth-order valence-electron chi connectivity index (χ4n) is 4.12. The lowest BCUT2D eigenvalue weighted by Crippen LogP contribution is -2.38. The Morgan fingerprint density at radius 3 is 2.09 bits per heavy atom. The first-order valence-corrected chi connectivity index (χ1v) is 12.7. The molecule has 0 fully saturated rings. The minimum Gasteiger partial charge on any atom is -0.348 e. The Morgan fingerprint density at radius 2 is 1.37 bits per heavy atom. The summed E-state index contributed by atoms with van der Waals surface area (Å²) >= 11 is 0. The van der Waals surface area contributed by atoms with Crippen LogP contribution in [0.3, 0.4) is 0 Å². The number of aryl methyl sites for hydroxylation is 1. The number of nitrogens with two attached hydrogens (primary N) is 1. The molecule has 0 radical (unpaired) electrons. The molecule has 3 aromatic rings. The average molecular weight is 472 g/mol. The van der Waals surface area contributed by atoms with Crippen molar-refractivity contribution in [1.29, 1.82) is 0 Å². The number of benzene rings is 3. The van der Waals surface area contributed by atoms with Gasteiger partial charge in [-0.05, 0) is 54.3 Å². The number of anilines is 1. The number of hydrazine groups is 1. The molecule has 0 atom stereocenters. The number of hydrogen-bond acceptors (Lipinski definition) is 3. The normalized spacial score (nSPS) is 10.7. The molecule has 0 saturated carbocycles. The lowest BCUT2D eigenvalue weighted by atomic mass is 10.0. The number of rotatable bonds is 13. The van der Waals surface area contributed by atoms with Crippen LogP contribution in [0.4, 0.5) is 5.69 Å². The van der Waals surface area contributed by atoms with Crippen LogP contribution >= 0.6 is 0 Å². The molecule has 0 unspecified atom stereocenters. The zero-order chi connectivity index (χ0) is 24.9. The summed E-state index contributed by atoms with van der Waals surface area (Å²) in [5, 5.41) is 4.15. The Hall–Kier alpha value is -3.44. The van der Waals surface area contributed by atoms with Gasteiger partial charge in [-0.3, -0.25) is 9.59 Å². The molecule has 0 aliphatic heterocycles. The van der Waals surface area contributed by atoms with Crippen molar-refractivity contribution in [3.8, 4) is 0 Å². The maximum absolute atomic E-state index is 13.1. The minimum absolute atomic E-state index is 0.128. The van der Waals surface area contributed by atoms with Crippen molar-refractivity contribution >= 4 is 17.5 Å². The van der Waals surface area contributed by atoms with E-state index >= 15 is 0 Å². The Labute approximate surface area is 209 Å². The number of unbranched alkanes of at least 4 members (excludes halogenated alkanes) is 6. The first-order chi connectivity index (χ1) is 17.1. The number of carbonyl (C=O) groups excluding carboxylic acids is 2. The first kappa shape index (κ1) is 26.2. The number of nitrogens with zero attached hydrogens (tertiary/aromatic N) is 1. The van der Waals surface area contributed by atoms with Gasteiger partial charge in [-0.25, -0.2) is 10.9 Å². The summed E-state index contributed by atoms with van der Waals surface area (Å²) in [6.45, 7) is 2.62. The van der Waals surface area contributed by atoms with Gasteiger partial charge in [0.15, 0.2) is 0 Å². The van der Waals surface area contributed by atoms with Crippen molar-refractivity contribution in [3.05, 3.63) is 101 Å². The second-order valence-electron chi connectivity index (χ2n) is 8.92. The van der Waals surface area contributed by atoms with Crippen LogP contribution in [0.5, 0.6) is 0 Å². The van der Waals surface area contributed by atoms with Crippen LogP contribution in [0.1, 0.15) is 83.7 Å². The van der Waals surface area contributed by atoms with Crippen molar-refractivity contribution in [3.63, 3.8) is 0 Å². The smallest absolute Gasteiger partial charge is 0.272 e. The molecule has 184 valence electrons. The topological polar surface area (TPSA) is 75.4 Å². The predicted molar refractivity (Wildman–Crippen MR) is 143 cm³/mol. The third kappa shape index (κ3) is 8.08. The highest BCUT2D eigenvalue weighted by atomic mass is 16.2. The van der Waals surface area contributed by atoms with Crippen LogP contribution in [-0.2, 0) is 13.0 Å². The zero-order valence-corrected chi connectivity index (χ0v) is 20.7. The van der Waals surface area contributed by atoms with Gasteiger partial charge in [-0.1, -0.05) is 94.0 Å². The third-order valence-electron chi connectivity index (χ3n) is 6.21. The number of carbonyl (C=O) groups is 2. The van der Waals surface area contributed by atoms with Crippen molar-refractivity contribution in [2.45, 2.75) is 64.8 Å². The van der Waals surface area contributed by atoms with E-state index in [0.717, 1.165) is 29.7 Å². The SMILES string of the molecule is CCCCCCCCCc1ccccc1N(N)C(=O)c1ccc(CNC(=O)c2ccccc2)cc1.